The quantitative estimate of drug-likeness (QED) is 0.172. The van der Waals surface area contributed by atoms with Crippen molar-refractivity contribution < 1.29 is 8.83 Å². The van der Waals surface area contributed by atoms with E-state index in [4.69, 9.17) is 8.83 Å². The molecule has 0 radical (unpaired) electrons. The van der Waals surface area contributed by atoms with Crippen LogP contribution in [-0.4, -0.2) is 0 Å². The van der Waals surface area contributed by atoms with Gasteiger partial charge in [0.25, 0.3) is 0 Å². The molecule has 0 atom stereocenters. The third-order valence-corrected chi connectivity index (χ3v) is 19.1. The molecule has 0 saturated carbocycles. The molecule has 83 heavy (non-hydrogen) atoms. The Morgan fingerprint density at radius 3 is 1.35 bits per heavy atom. The SMILES string of the molecule is c1ccc(-c2ccccc2N(c2ccc3c(c2)C2(c4ccccc4-c4ccccc42)c2ccccc2-3)c2cccc3c2oc2c(-c4cccc5c4-c4ccccc4C54c5ccccc5-c5ccccc54)c4c(cc23)oc2ccccc24)cc1. The normalized spacial score (nSPS) is 14.0. The number of hydrogen-bond donors (Lipinski definition) is 0. The van der Waals surface area contributed by atoms with E-state index in [-0.39, 0.29) is 0 Å². The molecule has 19 rings (SSSR count). The zero-order chi connectivity index (χ0) is 54.1. The molecule has 15 aromatic rings. The number of nitrogens with zero attached hydrogens (tertiary/aromatic N) is 1. The summed E-state index contributed by atoms with van der Waals surface area (Å²) in [5.74, 6) is 0. The van der Waals surface area contributed by atoms with Gasteiger partial charge < -0.3 is 13.7 Å². The van der Waals surface area contributed by atoms with Gasteiger partial charge in [-0.25, -0.2) is 0 Å². The predicted octanol–water partition coefficient (Wildman–Crippen LogP) is 21.0. The van der Waals surface area contributed by atoms with Crippen LogP contribution in [0.3, 0.4) is 0 Å². The molecule has 2 spiro atoms. The van der Waals surface area contributed by atoms with Gasteiger partial charge in [-0.2, -0.15) is 0 Å². The van der Waals surface area contributed by atoms with Gasteiger partial charge in [0, 0.05) is 38.4 Å². The Kier molecular flexibility index (Phi) is 8.92. The summed E-state index contributed by atoms with van der Waals surface area (Å²) in [5, 5.41) is 4.10. The Morgan fingerprint density at radius 1 is 0.253 bits per heavy atom. The Morgan fingerprint density at radius 2 is 0.711 bits per heavy atom. The number of rotatable bonds is 5. The van der Waals surface area contributed by atoms with Crippen LogP contribution in [0.1, 0.15) is 44.5 Å². The van der Waals surface area contributed by atoms with Crippen molar-refractivity contribution in [2.24, 2.45) is 0 Å². The molecule has 0 N–H and O–H groups in total. The Hall–Kier alpha value is -10.7. The number of benzene rings is 13. The average molecular weight is 1050 g/mol. The zero-order valence-electron chi connectivity index (χ0n) is 44.9. The molecule has 3 nitrogen and oxygen atoms in total. The summed E-state index contributed by atoms with van der Waals surface area (Å²) in [5.41, 5.74) is 30.1. The van der Waals surface area contributed by atoms with Crippen molar-refractivity contribution in [3.63, 3.8) is 0 Å². The molecule has 0 unspecified atom stereocenters. The van der Waals surface area contributed by atoms with Gasteiger partial charge >= 0.3 is 0 Å². The van der Waals surface area contributed by atoms with Crippen molar-refractivity contribution in [2.45, 2.75) is 10.8 Å². The fourth-order valence-electron chi connectivity index (χ4n) is 16.1. The smallest absolute Gasteiger partial charge is 0.159 e. The molecule has 0 bridgehead atoms. The first-order valence-corrected chi connectivity index (χ1v) is 28.8. The lowest BCUT2D eigenvalue weighted by Gasteiger charge is -2.32. The average Bonchev–Trinajstić information content (AvgIpc) is 1.69. The van der Waals surface area contributed by atoms with Crippen LogP contribution >= 0.6 is 0 Å². The third-order valence-electron chi connectivity index (χ3n) is 19.1. The summed E-state index contributed by atoms with van der Waals surface area (Å²) in [4.78, 5) is 2.46. The van der Waals surface area contributed by atoms with Crippen LogP contribution in [-0.2, 0) is 10.8 Å². The maximum Gasteiger partial charge on any atom is 0.159 e. The number of anilines is 3. The van der Waals surface area contributed by atoms with Gasteiger partial charge in [0.2, 0.25) is 0 Å². The molecule has 4 aliphatic rings. The van der Waals surface area contributed by atoms with Crippen molar-refractivity contribution >= 4 is 60.9 Å². The van der Waals surface area contributed by atoms with Crippen LogP contribution in [0.25, 0.3) is 111 Å². The Balaban J connectivity index is 0.911. The fourth-order valence-corrected chi connectivity index (χ4v) is 16.1. The maximum absolute atomic E-state index is 7.89. The highest BCUT2D eigenvalue weighted by atomic mass is 16.3. The molecule has 384 valence electrons. The highest BCUT2D eigenvalue weighted by Crippen LogP contribution is 2.66. The molecule has 0 saturated heterocycles. The van der Waals surface area contributed by atoms with Crippen molar-refractivity contribution in [3.05, 3.63) is 330 Å². The molecular formula is C80H47NO2. The van der Waals surface area contributed by atoms with Gasteiger partial charge in [-0.15, -0.1) is 0 Å². The summed E-state index contributed by atoms with van der Waals surface area (Å²) in [6, 6.07) is 106. The van der Waals surface area contributed by atoms with Crippen LogP contribution in [0, 0.1) is 0 Å². The molecule has 0 amide bonds. The Bertz CT molecular complexity index is 5200. The van der Waals surface area contributed by atoms with Crippen molar-refractivity contribution in [2.75, 3.05) is 4.90 Å². The lowest BCUT2D eigenvalue weighted by molar-refractivity contribution is 0.665. The minimum Gasteiger partial charge on any atom is -0.456 e. The van der Waals surface area contributed by atoms with E-state index in [1.54, 1.807) is 0 Å². The van der Waals surface area contributed by atoms with Gasteiger partial charge in [-0.1, -0.05) is 249 Å². The lowest BCUT2D eigenvalue weighted by atomic mass is 9.70. The Labute approximate surface area is 479 Å². The minimum atomic E-state index is -0.535. The standard InChI is InChI=1S/C80H47NO2/c1-2-22-48(23-3-1)50-24-10-18-41-70(50)81(49-44-45-56-55-29-8-16-38-66(55)80(69(56)46-49)64-36-14-6-27-53(64)54-28-7-15-37-65(54)80)71-42-21-32-57-61-47-73-75(59-31-11-19-43-72(59)82-73)76(78(61)83-77(57)71)60-33-20-40-68-74(60)58-30-9-17-39-67(58)79(68)62-34-12-4-25-51(62)52-26-5-13-35-63(52)79/h1-47H. The molecular weight excluding hydrogens is 1010 g/mol. The minimum absolute atomic E-state index is 0.521. The number of furan rings is 2. The van der Waals surface area contributed by atoms with Crippen molar-refractivity contribution in [1.29, 1.82) is 0 Å². The molecule has 13 aromatic carbocycles. The van der Waals surface area contributed by atoms with E-state index in [1.165, 1.54) is 89.0 Å². The van der Waals surface area contributed by atoms with Gasteiger partial charge in [0.15, 0.2) is 5.58 Å². The highest BCUT2D eigenvalue weighted by molar-refractivity contribution is 6.26. The second-order valence-electron chi connectivity index (χ2n) is 22.8. The molecule has 3 heteroatoms. The van der Waals surface area contributed by atoms with Gasteiger partial charge in [-0.05, 0) is 137 Å². The first-order chi connectivity index (χ1) is 41.2. The molecule has 2 heterocycles. The molecule has 0 fully saturated rings. The third kappa shape index (κ3) is 5.64. The first kappa shape index (κ1) is 45.0. The second-order valence-corrected chi connectivity index (χ2v) is 22.8. The summed E-state index contributed by atoms with van der Waals surface area (Å²) < 4.78 is 14.9. The topological polar surface area (TPSA) is 29.5 Å². The molecule has 4 aliphatic carbocycles. The lowest BCUT2D eigenvalue weighted by Crippen LogP contribution is -2.26. The number of fused-ring (bicyclic) bond motifs is 26. The zero-order valence-corrected chi connectivity index (χ0v) is 44.9. The van der Waals surface area contributed by atoms with Crippen molar-refractivity contribution in [1.82, 2.24) is 0 Å². The van der Waals surface area contributed by atoms with Crippen LogP contribution < -0.4 is 4.90 Å². The second kappa shape index (κ2) is 16.4. The highest BCUT2D eigenvalue weighted by Gasteiger charge is 2.54. The number of hydrogen-bond acceptors (Lipinski definition) is 3. The number of para-hydroxylation sites is 3. The largest absolute Gasteiger partial charge is 0.456 e. The first-order valence-electron chi connectivity index (χ1n) is 28.8. The van der Waals surface area contributed by atoms with E-state index >= 15 is 0 Å². The molecule has 2 aromatic heterocycles. The van der Waals surface area contributed by atoms with Gasteiger partial charge in [-0.3, -0.25) is 0 Å². The predicted molar refractivity (Wildman–Crippen MR) is 339 cm³/mol. The summed E-state index contributed by atoms with van der Waals surface area (Å²) in [7, 11) is 0. The van der Waals surface area contributed by atoms with E-state index in [0.717, 1.165) is 83.2 Å². The van der Waals surface area contributed by atoms with E-state index in [0.29, 0.717) is 0 Å². The summed E-state index contributed by atoms with van der Waals surface area (Å²) in [6.45, 7) is 0. The summed E-state index contributed by atoms with van der Waals surface area (Å²) in [6.07, 6.45) is 0. The van der Waals surface area contributed by atoms with Gasteiger partial charge in [0.05, 0.1) is 22.2 Å². The summed E-state index contributed by atoms with van der Waals surface area (Å²) >= 11 is 0. The van der Waals surface area contributed by atoms with E-state index in [2.05, 4.69) is 290 Å². The van der Waals surface area contributed by atoms with Gasteiger partial charge in [0.1, 0.15) is 16.7 Å². The van der Waals surface area contributed by atoms with E-state index in [9.17, 15) is 0 Å². The monoisotopic (exact) mass is 1050 g/mol. The van der Waals surface area contributed by atoms with Crippen molar-refractivity contribution in [3.8, 4) is 66.8 Å². The maximum atomic E-state index is 7.89. The van der Waals surface area contributed by atoms with Crippen LogP contribution in [0.2, 0.25) is 0 Å². The van der Waals surface area contributed by atoms with E-state index in [1.807, 2.05) is 0 Å². The fraction of sp³-hybridized carbons (Fsp3) is 0.0250. The van der Waals surface area contributed by atoms with E-state index < -0.39 is 10.8 Å². The van der Waals surface area contributed by atoms with Crippen LogP contribution in [0.5, 0.6) is 0 Å². The van der Waals surface area contributed by atoms with Crippen LogP contribution in [0.15, 0.2) is 294 Å². The molecule has 0 aliphatic heterocycles. The van der Waals surface area contributed by atoms with Crippen LogP contribution in [0.4, 0.5) is 17.1 Å².